The van der Waals surface area contributed by atoms with Crippen molar-refractivity contribution in [2.75, 3.05) is 17.7 Å². The molecule has 5 rings (SSSR count). The van der Waals surface area contributed by atoms with Crippen molar-refractivity contribution in [1.82, 2.24) is 14.5 Å². The summed E-state index contributed by atoms with van der Waals surface area (Å²) in [5.41, 5.74) is 4.73. The number of para-hydroxylation sites is 4. The molecular formula is C24H21N5O2. The van der Waals surface area contributed by atoms with E-state index < -0.39 is 0 Å². The predicted octanol–water partition coefficient (Wildman–Crippen LogP) is 4.37. The number of imidazole rings is 1. The Labute approximate surface area is 179 Å². The molecule has 0 saturated carbocycles. The molecule has 2 aromatic heterocycles. The van der Waals surface area contributed by atoms with Crippen molar-refractivity contribution in [2.45, 2.75) is 13.0 Å². The molecule has 154 valence electrons. The number of rotatable bonds is 4. The van der Waals surface area contributed by atoms with Gasteiger partial charge in [0.1, 0.15) is 5.75 Å². The molecule has 7 nitrogen and oxygen atoms in total. The molecule has 1 aliphatic heterocycles. The SMILES string of the molecule is COc1ccccc1NC(=O)C1=C(C)Nc2nc3ccccc3n2C1c1ccncc1. The van der Waals surface area contributed by atoms with Gasteiger partial charge in [0.05, 0.1) is 35.4 Å². The quantitative estimate of drug-likeness (QED) is 0.521. The van der Waals surface area contributed by atoms with E-state index in [1.165, 1.54) is 0 Å². The Morgan fingerprint density at radius 1 is 1.06 bits per heavy atom. The molecule has 0 saturated heterocycles. The number of pyridine rings is 1. The van der Waals surface area contributed by atoms with Gasteiger partial charge in [-0.25, -0.2) is 4.98 Å². The van der Waals surface area contributed by atoms with Crippen molar-refractivity contribution in [3.8, 4) is 5.75 Å². The monoisotopic (exact) mass is 411 g/mol. The third kappa shape index (κ3) is 3.20. The van der Waals surface area contributed by atoms with Gasteiger partial charge in [0.25, 0.3) is 5.91 Å². The summed E-state index contributed by atoms with van der Waals surface area (Å²) in [6.45, 7) is 1.90. The molecule has 7 heteroatoms. The van der Waals surface area contributed by atoms with E-state index in [1.54, 1.807) is 19.5 Å². The Morgan fingerprint density at radius 3 is 2.61 bits per heavy atom. The van der Waals surface area contributed by atoms with Gasteiger partial charge in [0.2, 0.25) is 5.95 Å². The van der Waals surface area contributed by atoms with Crippen LogP contribution < -0.4 is 15.4 Å². The van der Waals surface area contributed by atoms with Crippen LogP contribution in [0.15, 0.2) is 84.3 Å². The summed E-state index contributed by atoms with van der Waals surface area (Å²) < 4.78 is 7.47. The molecule has 31 heavy (non-hydrogen) atoms. The van der Waals surface area contributed by atoms with Crippen molar-refractivity contribution >= 4 is 28.6 Å². The minimum absolute atomic E-state index is 0.209. The zero-order chi connectivity index (χ0) is 21.4. The summed E-state index contributed by atoms with van der Waals surface area (Å²) in [4.78, 5) is 22.5. The number of aromatic nitrogens is 3. The number of hydrogen-bond donors (Lipinski definition) is 2. The van der Waals surface area contributed by atoms with Crippen LogP contribution in [0.25, 0.3) is 11.0 Å². The van der Waals surface area contributed by atoms with Crippen LogP contribution in [0.1, 0.15) is 18.5 Å². The van der Waals surface area contributed by atoms with Crippen molar-refractivity contribution in [3.63, 3.8) is 0 Å². The fourth-order valence-corrected chi connectivity index (χ4v) is 4.06. The largest absolute Gasteiger partial charge is 0.495 e. The summed E-state index contributed by atoms with van der Waals surface area (Å²) in [5, 5.41) is 6.34. The van der Waals surface area contributed by atoms with Crippen LogP contribution in [0, 0.1) is 0 Å². The first-order valence-corrected chi connectivity index (χ1v) is 9.96. The molecule has 2 aromatic carbocycles. The second-order valence-electron chi connectivity index (χ2n) is 7.30. The average Bonchev–Trinajstić information content (AvgIpc) is 3.16. The van der Waals surface area contributed by atoms with E-state index in [0.29, 0.717) is 23.0 Å². The second-order valence-corrected chi connectivity index (χ2v) is 7.30. The standard InChI is InChI=1S/C24H21N5O2/c1-15-21(23(30)27-18-8-4-6-10-20(18)31-2)22(16-11-13-25-14-12-16)29-19-9-5-3-7-17(19)28-24(29)26-15/h3-14,22H,1-2H3,(H,26,28)(H,27,30). The first-order chi connectivity index (χ1) is 15.2. The maximum Gasteiger partial charge on any atom is 0.255 e. The molecule has 0 bridgehead atoms. The molecule has 1 atom stereocenters. The molecule has 4 aromatic rings. The molecule has 3 heterocycles. The molecule has 2 N–H and O–H groups in total. The minimum atomic E-state index is -0.360. The molecule has 0 fully saturated rings. The smallest absolute Gasteiger partial charge is 0.255 e. The summed E-state index contributed by atoms with van der Waals surface area (Å²) >= 11 is 0. The lowest BCUT2D eigenvalue weighted by molar-refractivity contribution is -0.113. The highest BCUT2D eigenvalue weighted by atomic mass is 16.5. The first-order valence-electron chi connectivity index (χ1n) is 9.96. The Morgan fingerprint density at radius 2 is 1.81 bits per heavy atom. The number of fused-ring (bicyclic) bond motifs is 3. The predicted molar refractivity (Wildman–Crippen MR) is 120 cm³/mol. The van der Waals surface area contributed by atoms with E-state index in [2.05, 4.69) is 20.2 Å². The van der Waals surface area contributed by atoms with Gasteiger partial charge in [0, 0.05) is 18.1 Å². The number of carbonyl (C=O) groups is 1. The normalized spacial score (nSPS) is 15.4. The van der Waals surface area contributed by atoms with Gasteiger partial charge in [-0.2, -0.15) is 0 Å². The summed E-state index contributed by atoms with van der Waals surface area (Å²) in [7, 11) is 1.58. The molecule has 1 aliphatic rings. The van der Waals surface area contributed by atoms with E-state index in [-0.39, 0.29) is 11.9 Å². The van der Waals surface area contributed by atoms with Crippen molar-refractivity contribution in [3.05, 3.63) is 89.9 Å². The fourth-order valence-electron chi connectivity index (χ4n) is 4.06. The van der Waals surface area contributed by atoms with E-state index >= 15 is 0 Å². The highest BCUT2D eigenvalue weighted by Gasteiger charge is 2.34. The van der Waals surface area contributed by atoms with Crippen LogP contribution in [-0.4, -0.2) is 27.6 Å². The molecular weight excluding hydrogens is 390 g/mol. The van der Waals surface area contributed by atoms with Gasteiger partial charge in [-0.1, -0.05) is 24.3 Å². The van der Waals surface area contributed by atoms with Crippen molar-refractivity contribution in [1.29, 1.82) is 0 Å². The van der Waals surface area contributed by atoms with Crippen LogP contribution in [0.4, 0.5) is 11.6 Å². The topological polar surface area (TPSA) is 81.1 Å². The maximum absolute atomic E-state index is 13.6. The average molecular weight is 411 g/mol. The molecule has 0 spiro atoms. The van der Waals surface area contributed by atoms with E-state index in [9.17, 15) is 4.79 Å². The number of amides is 1. The van der Waals surface area contributed by atoms with Crippen LogP contribution >= 0.6 is 0 Å². The Kier molecular flexibility index (Phi) is 4.63. The summed E-state index contributed by atoms with van der Waals surface area (Å²) in [5.74, 6) is 1.10. The van der Waals surface area contributed by atoms with Crippen LogP contribution in [-0.2, 0) is 4.79 Å². The number of benzene rings is 2. The summed E-state index contributed by atoms with van der Waals surface area (Å²) in [6.07, 6.45) is 3.47. The third-order valence-electron chi connectivity index (χ3n) is 5.45. The fraction of sp³-hybridized carbons (Fsp3) is 0.125. The van der Waals surface area contributed by atoms with Crippen LogP contribution in [0.3, 0.4) is 0 Å². The van der Waals surface area contributed by atoms with E-state index in [4.69, 9.17) is 9.72 Å². The Bertz CT molecular complexity index is 1310. The van der Waals surface area contributed by atoms with Crippen molar-refractivity contribution < 1.29 is 9.53 Å². The molecule has 0 radical (unpaired) electrons. The van der Waals surface area contributed by atoms with Gasteiger partial charge in [0.15, 0.2) is 0 Å². The number of anilines is 2. The first kappa shape index (κ1) is 18.9. The van der Waals surface area contributed by atoms with Crippen LogP contribution in [0.2, 0.25) is 0 Å². The zero-order valence-electron chi connectivity index (χ0n) is 17.2. The lowest BCUT2D eigenvalue weighted by Crippen LogP contribution is -2.31. The third-order valence-corrected chi connectivity index (χ3v) is 5.45. The second kappa shape index (κ2) is 7.60. The number of carbonyl (C=O) groups excluding carboxylic acids is 1. The lowest BCUT2D eigenvalue weighted by Gasteiger charge is -2.30. The molecule has 0 aliphatic carbocycles. The van der Waals surface area contributed by atoms with Gasteiger partial charge in [-0.3, -0.25) is 14.3 Å². The molecule has 1 unspecified atom stereocenters. The van der Waals surface area contributed by atoms with Crippen molar-refractivity contribution in [2.24, 2.45) is 0 Å². The highest BCUT2D eigenvalue weighted by Crippen LogP contribution is 2.39. The van der Waals surface area contributed by atoms with E-state index in [0.717, 1.165) is 22.3 Å². The highest BCUT2D eigenvalue weighted by molar-refractivity contribution is 6.07. The number of nitrogens with one attached hydrogen (secondary N) is 2. The van der Waals surface area contributed by atoms with Gasteiger partial charge in [-0.05, 0) is 48.9 Å². The number of allylic oxidation sites excluding steroid dienone is 1. The van der Waals surface area contributed by atoms with Gasteiger partial charge < -0.3 is 15.4 Å². The lowest BCUT2D eigenvalue weighted by atomic mass is 9.95. The Balaban J connectivity index is 1.65. The number of hydrogen-bond acceptors (Lipinski definition) is 5. The maximum atomic E-state index is 13.6. The van der Waals surface area contributed by atoms with Gasteiger partial charge in [-0.15, -0.1) is 0 Å². The van der Waals surface area contributed by atoms with Crippen LogP contribution in [0.5, 0.6) is 5.75 Å². The number of nitrogens with zero attached hydrogens (tertiary/aromatic N) is 3. The number of methoxy groups -OCH3 is 1. The number of ether oxygens (including phenoxy) is 1. The zero-order valence-corrected chi connectivity index (χ0v) is 17.2. The van der Waals surface area contributed by atoms with Gasteiger partial charge >= 0.3 is 0 Å². The Hall–Kier alpha value is -4.13. The molecule has 1 amide bonds. The minimum Gasteiger partial charge on any atom is -0.495 e. The summed E-state index contributed by atoms with van der Waals surface area (Å²) in [6, 6.07) is 18.8. The van der Waals surface area contributed by atoms with E-state index in [1.807, 2.05) is 67.6 Å².